The Bertz CT molecular complexity index is 997. The van der Waals surface area contributed by atoms with E-state index in [1.54, 1.807) is 0 Å². The van der Waals surface area contributed by atoms with Gasteiger partial charge in [0.05, 0.1) is 35.7 Å². The van der Waals surface area contributed by atoms with Gasteiger partial charge in [0.25, 0.3) is 5.91 Å². The number of carbonyl (C=O) groups is 1. The minimum atomic E-state index is 0.0487. The number of rotatable bonds is 2. The van der Waals surface area contributed by atoms with E-state index in [1.807, 2.05) is 35.2 Å². The molecule has 3 heterocycles. The highest BCUT2D eigenvalue weighted by Crippen LogP contribution is 2.45. The maximum Gasteiger partial charge on any atom is 0.261 e. The summed E-state index contributed by atoms with van der Waals surface area (Å²) in [5.41, 5.74) is 5.18. The number of benzene rings is 2. The molecule has 3 aliphatic heterocycles. The van der Waals surface area contributed by atoms with Crippen LogP contribution in [0.1, 0.15) is 15.9 Å². The van der Waals surface area contributed by atoms with Crippen LogP contribution < -0.4 is 9.80 Å². The molecule has 0 bridgehead atoms. The Balaban J connectivity index is 1.42. The number of para-hydroxylation sites is 3. The molecule has 1 fully saturated rings. The molecular weight excluding hydrogens is 360 g/mol. The molecule has 2 aromatic rings. The van der Waals surface area contributed by atoms with Crippen LogP contribution in [-0.2, 0) is 6.42 Å². The van der Waals surface area contributed by atoms with Crippen molar-refractivity contribution in [2.75, 3.05) is 62.7 Å². The van der Waals surface area contributed by atoms with Crippen LogP contribution in [0.2, 0.25) is 0 Å². The molecule has 1 saturated heterocycles. The van der Waals surface area contributed by atoms with Gasteiger partial charge in [-0.15, -0.1) is 0 Å². The normalized spacial score (nSPS) is 18.7. The number of likely N-dealkylation sites (N-methyl/N-ethyl adjacent to an activating group) is 1. The lowest BCUT2D eigenvalue weighted by Crippen LogP contribution is -2.44. The molecule has 0 N–H and O–H groups in total. The molecule has 0 unspecified atom stereocenters. The summed E-state index contributed by atoms with van der Waals surface area (Å²) in [5, 5.41) is 0. The van der Waals surface area contributed by atoms with E-state index < -0.39 is 0 Å². The van der Waals surface area contributed by atoms with Gasteiger partial charge in [-0.1, -0.05) is 36.1 Å². The molecule has 29 heavy (non-hydrogen) atoms. The van der Waals surface area contributed by atoms with E-state index >= 15 is 0 Å². The predicted octanol–water partition coefficient (Wildman–Crippen LogP) is 2.59. The van der Waals surface area contributed by atoms with Gasteiger partial charge in [-0.2, -0.15) is 0 Å². The van der Waals surface area contributed by atoms with Crippen molar-refractivity contribution in [3.05, 3.63) is 53.6 Å². The van der Waals surface area contributed by atoms with Crippen LogP contribution in [-0.4, -0.2) is 68.6 Å². The summed E-state index contributed by atoms with van der Waals surface area (Å²) in [6.45, 7) is 6.40. The maximum absolute atomic E-state index is 13.5. The van der Waals surface area contributed by atoms with Crippen LogP contribution in [0.5, 0.6) is 0 Å². The molecule has 0 aromatic heterocycles. The number of carbonyl (C=O) groups excluding carboxylic acids is 1. The minimum Gasteiger partial charge on any atom is -0.339 e. The van der Waals surface area contributed by atoms with Crippen molar-refractivity contribution in [1.82, 2.24) is 9.80 Å². The number of amides is 1. The molecule has 5 heteroatoms. The van der Waals surface area contributed by atoms with E-state index in [1.165, 1.54) is 5.56 Å². The lowest BCUT2D eigenvalue weighted by molar-refractivity contribution is 0.0991. The van der Waals surface area contributed by atoms with E-state index in [0.717, 1.165) is 68.3 Å². The van der Waals surface area contributed by atoms with Crippen molar-refractivity contribution in [2.24, 2.45) is 0 Å². The summed E-state index contributed by atoms with van der Waals surface area (Å²) in [7, 11) is 2.16. The molecule has 0 aliphatic carbocycles. The quantitative estimate of drug-likeness (QED) is 0.743. The summed E-state index contributed by atoms with van der Waals surface area (Å²) in [6, 6.07) is 14.3. The fraction of sp³-hybridized carbons (Fsp3) is 0.375. The van der Waals surface area contributed by atoms with Crippen LogP contribution in [0.15, 0.2) is 42.5 Å². The second-order valence-electron chi connectivity index (χ2n) is 8.03. The Morgan fingerprint density at radius 2 is 1.62 bits per heavy atom. The summed E-state index contributed by atoms with van der Waals surface area (Å²) < 4.78 is 0. The van der Waals surface area contributed by atoms with Crippen molar-refractivity contribution in [3.63, 3.8) is 0 Å². The smallest absolute Gasteiger partial charge is 0.261 e. The Morgan fingerprint density at radius 1 is 0.862 bits per heavy atom. The van der Waals surface area contributed by atoms with Gasteiger partial charge in [0.15, 0.2) is 0 Å². The first kappa shape index (κ1) is 18.2. The van der Waals surface area contributed by atoms with E-state index in [-0.39, 0.29) is 5.91 Å². The standard InChI is InChI=1S/C24H26N4O/c1-25-15-17-26(18-16-25)12-4-5-13-28-22-10-3-2-9-21(22)27-14-11-19-7-6-8-20(23(19)27)24(28)29/h2-3,6-10H,11-18H2,1H3. The van der Waals surface area contributed by atoms with Gasteiger partial charge in [-0.3, -0.25) is 14.6 Å². The lowest BCUT2D eigenvalue weighted by atomic mass is 10.1. The highest BCUT2D eigenvalue weighted by molar-refractivity contribution is 6.15. The second-order valence-corrected chi connectivity index (χ2v) is 8.03. The Kier molecular flexibility index (Phi) is 4.75. The topological polar surface area (TPSA) is 30.0 Å². The fourth-order valence-corrected chi connectivity index (χ4v) is 4.51. The third-order valence-corrected chi connectivity index (χ3v) is 6.19. The van der Waals surface area contributed by atoms with Crippen molar-refractivity contribution < 1.29 is 4.79 Å². The predicted molar refractivity (Wildman–Crippen MR) is 117 cm³/mol. The summed E-state index contributed by atoms with van der Waals surface area (Å²) in [6.07, 6.45) is 0.982. The number of hydrogen-bond acceptors (Lipinski definition) is 4. The van der Waals surface area contributed by atoms with Crippen LogP contribution in [0.25, 0.3) is 0 Å². The molecule has 5 rings (SSSR count). The zero-order valence-electron chi connectivity index (χ0n) is 16.9. The number of hydrogen-bond donors (Lipinski definition) is 0. The molecule has 0 atom stereocenters. The summed E-state index contributed by atoms with van der Waals surface area (Å²) in [5.74, 6) is 6.62. The van der Waals surface area contributed by atoms with Gasteiger partial charge in [-0.25, -0.2) is 0 Å². The largest absolute Gasteiger partial charge is 0.339 e. The number of anilines is 3. The van der Waals surface area contributed by atoms with Crippen LogP contribution in [0, 0.1) is 11.8 Å². The molecule has 0 saturated carbocycles. The number of nitrogens with zero attached hydrogens (tertiary/aromatic N) is 4. The van der Waals surface area contributed by atoms with E-state index in [9.17, 15) is 4.79 Å². The molecular formula is C24H26N4O. The fourth-order valence-electron chi connectivity index (χ4n) is 4.51. The van der Waals surface area contributed by atoms with Crippen LogP contribution >= 0.6 is 0 Å². The average molecular weight is 386 g/mol. The van der Waals surface area contributed by atoms with E-state index in [0.29, 0.717) is 6.54 Å². The Hall–Kier alpha value is -2.81. The number of fused-ring (bicyclic) bond motifs is 2. The second kappa shape index (κ2) is 7.55. The molecule has 2 aromatic carbocycles. The van der Waals surface area contributed by atoms with Crippen molar-refractivity contribution in [2.45, 2.75) is 6.42 Å². The molecule has 148 valence electrons. The third kappa shape index (κ3) is 3.29. The van der Waals surface area contributed by atoms with Gasteiger partial charge in [0.1, 0.15) is 0 Å². The van der Waals surface area contributed by atoms with E-state index in [2.05, 4.69) is 45.7 Å². The Morgan fingerprint density at radius 3 is 2.45 bits per heavy atom. The first-order chi connectivity index (χ1) is 14.2. The number of piperazine rings is 1. The van der Waals surface area contributed by atoms with Gasteiger partial charge >= 0.3 is 0 Å². The highest BCUT2D eigenvalue weighted by atomic mass is 16.2. The molecule has 0 spiro atoms. The SMILES string of the molecule is CN1CCN(CC#CCN2C(=O)c3cccc4c3N(CC4)c3ccccc32)CC1. The molecule has 5 nitrogen and oxygen atoms in total. The van der Waals surface area contributed by atoms with Crippen molar-refractivity contribution >= 4 is 23.0 Å². The van der Waals surface area contributed by atoms with Crippen LogP contribution in [0.3, 0.4) is 0 Å². The van der Waals surface area contributed by atoms with Gasteiger partial charge < -0.3 is 9.80 Å². The van der Waals surface area contributed by atoms with Gasteiger partial charge in [0.2, 0.25) is 0 Å². The first-order valence-electron chi connectivity index (χ1n) is 10.4. The zero-order chi connectivity index (χ0) is 19.8. The monoisotopic (exact) mass is 386 g/mol. The van der Waals surface area contributed by atoms with Crippen molar-refractivity contribution in [1.29, 1.82) is 0 Å². The minimum absolute atomic E-state index is 0.0487. The van der Waals surface area contributed by atoms with Crippen LogP contribution in [0.4, 0.5) is 17.1 Å². The summed E-state index contributed by atoms with van der Waals surface area (Å²) in [4.78, 5) is 22.3. The van der Waals surface area contributed by atoms with Gasteiger partial charge in [0, 0.05) is 32.7 Å². The Labute approximate surface area is 172 Å². The van der Waals surface area contributed by atoms with Gasteiger partial charge in [-0.05, 0) is 37.2 Å². The van der Waals surface area contributed by atoms with Crippen molar-refractivity contribution in [3.8, 4) is 11.8 Å². The highest BCUT2D eigenvalue weighted by Gasteiger charge is 2.34. The molecule has 0 radical (unpaired) electrons. The lowest BCUT2D eigenvalue weighted by Gasteiger charge is -2.30. The van der Waals surface area contributed by atoms with E-state index in [4.69, 9.17) is 0 Å². The molecule has 3 aliphatic rings. The average Bonchev–Trinajstić information content (AvgIpc) is 3.15. The third-order valence-electron chi connectivity index (χ3n) is 6.19. The summed E-state index contributed by atoms with van der Waals surface area (Å²) >= 11 is 0. The first-order valence-corrected chi connectivity index (χ1v) is 10.4. The molecule has 1 amide bonds. The zero-order valence-corrected chi connectivity index (χ0v) is 16.9. The maximum atomic E-state index is 13.5.